The van der Waals surface area contributed by atoms with Gasteiger partial charge in [-0.15, -0.1) is 0 Å². The highest BCUT2D eigenvalue weighted by molar-refractivity contribution is 4.37. The molecule has 0 N–H and O–H groups in total. The average Bonchev–Trinajstić information content (AvgIpc) is 1.61. The summed E-state index contributed by atoms with van der Waals surface area (Å²) in [4.78, 5) is 0. The van der Waals surface area contributed by atoms with E-state index in [2.05, 4.69) is 0 Å². The van der Waals surface area contributed by atoms with Gasteiger partial charge < -0.3 is 0 Å². The van der Waals surface area contributed by atoms with Crippen molar-refractivity contribution in [3.63, 3.8) is 0 Å². The first kappa shape index (κ1) is 6.82. The minimum absolute atomic E-state index is 0.0949. The van der Waals surface area contributed by atoms with E-state index in [-0.39, 0.29) is 19.4 Å². The molecule has 3 heteroatoms. The Labute approximate surface area is 41.0 Å². The molecule has 1 nitrogen and oxygen atoms in total. The molecule has 0 aliphatic carbocycles. The van der Waals surface area contributed by atoms with E-state index >= 15 is 0 Å². The van der Waals surface area contributed by atoms with Gasteiger partial charge in [0.1, 0.15) is 0 Å². The molecule has 1 radical (unpaired) electrons. The Morgan fingerprint density at radius 3 is 2.14 bits per heavy atom. The van der Waals surface area contributed by atoms with Crippen LogP contribution in [0.1, 0.15) is 12.8 Å². The number of hydrogen-bond donors (Lipinski definition) is 0. The summed E-state index contributed by atoms with van der Waals surface area (Å²) in [5.41, 5.74) is 0. The quantitative estimate of drug-likeness (QED) is 0.523. The van der Waals surface area contributed by atoms with Crippen LogP contribution in [-0.4, -0.2) is 13.0 Å². The van der Waals surface area contributed by atoms with E-state index < -0.39 is 6.43 Å². The minimum atomic E-state index is -2.30. The maximum atomic E-state index is 11.1. The molecule has 0 aliphatic rings. The normalized spacial score (nSPS) is 10.3. The van der Waals surface area contributed by atoms with Gasteiger partial charge in [0, 0.05) is 6.42 Å². The van der Waals surface area contributed by atoms with Crippen molar-refractivity contribution in [3.05, 3.63) is 0 Å². The van der Waals surface area contributed by atoms with Gasteiger partial charge in [0.05, 0.1) is 6.61 Å². The van der Waals surface area contributed by atoms with Gasteiger partial charge in [0.25, 0.3) is 0 Å². The van der Waals surface area contributed by atoms with Crippen molar-refractivity contribution in [1.29, 1.82) is 0 Å². The van der Waals surface area contributed by atoms with Gasteiger partial charge in [-0.2, -0.15) is 0 Å². The standard InChI is InChI=1S/C4H7F2O/c5-4(6)2-1-3-7/h4H,1-3H2. The van der Waals surface area contributed by atoms with E-state index in [1.807, 2.05) is 0 Å². The Morgan fingerprint density at radius 1 is 1.43 bits per heavy atom. The van der Waals surface area contributed by atoms with Crippen LogP contribution in [0.2, 0.25) is 0 Å². The highest BCUT2D eigenvalue weighted by Crippen LogP contribution is 2.00. The molecule has 0 saturated heterocycles. The molecule has 0 unspecified atom stereocenters. The molecule has 0 atom stereocenters. The zero-order chi connectivity index (χ0) is 5.70. The van der Waals surface area contributed by atoms with Gasteiger partial charge in [-0.3, -0.25) is 0 Å². The molecule has 0 aliphatic heterocycles. The van der Waals surface area contributed by atoms with Gasteiger partial charge in [-0.25, -0.2) is 13.9 Å². The van der Waals surface area contributed by atoms with Crippen LogP contribution >= 0.6 is 0 Å². The van der Waals surface area contributed by atoms with Gasteiger partial charge in [-0.05, 0) is 6.42 Å². The third-order valence-electron chi connectivity index (χ3n) is 0.567. The molecule has 0 fully saturated rings. The van der Waals surface area contributed by atoms with E-state index in [1.165, 1.54) is 0 Å². The molecular formula is C4H7F2O. The molecule has 0 aromatic rings. The third-order valence-corrected chi connectivity index (χ3v) is 0.567. The maximum absolute atomic E-state index is 11.1. The van der Waals surface area contributed by atoms with Crippen LogP contribution in [-0.2, 0) is 5.11 Å². The van der Waals surface area contributed by atoms with E-state index in [9.17, 15) is 13.9 Å². The lowest BCUT2D eigenvalue weighted by Gasteiger charge is -1.90. The average molecular weight is 109 g/mol. The van der Waals surface area contributed by atoms with Crippen LogP contribution in [0.5, 0.6) is 0 Å². The van der Waals surface area contributed by atoms with Crippen LogP contribution in [0, 0.1) is 0 Å². The lowest BCUT2D eigenvalue weighted by molar-refractivity contribution is 0.111. The number of hydrogen-bond acceptors (Lipinski definition) is 0. The Balaban J connectivity index is 2.68. The highest BCUT2D eigenvalue weighted by atomic mass is 19.3. The van der Waals surface area contributed by atoms with Gasteiger partial charge in [0.15, 0.2) is 0 Å². The van der Waals surface area contributed by atoms with Crippen LogP contribution in [0.3, 0.4) is 0 Å². The second-order valence-electron chi connectivity index (χ2n) is 1.24. The second-order valence-corrected chi connectivity index (χ2v) is 1.24. The molecule has 0 rings (SSSR count). The minimum Gasteiger partial charge on any atom is -0.237 e. The van der Waals surface area contributed by atoms with Crippen LogP contribution < -0.4 is 0 Å². The van der Waals surface area contributed by atoms with E-state index in [4.69, 9.17) is 0 Å². The maximum Gasteiger partial charge on any atom is 0.238 e. The topological polar surface area (TPSA) is 19.9 Å². The van der Waals surface area contributed by atoms with E-state index in [0.29, 0.717) is 0 Å². The van der Waals surface area contributed by atoms with Gasteiger partial charge in [-0.1, -0.05) is 0 Å². The Morgan fingerprint density at radius 2 is 2.00 bits per heavy atom. The molecule has 0 spiro atoms. The Bertz CT molecular complexity index is 38.7. The summed E-state index contributed by atoms with van der Waals surface area (Å²) in [7, 11) is 0. The summed E-state index contributed by atoms with van der Waals surface area (Å²) in [5.74, 6) is 0. The molecule has 0 bridgehead atoms. The summed E-state index contributed by atoms with van der Waals surface area (Å²) in [5, 5.41) is 9.50. The molecule has 43 valence electrons. The summed E-state index contributed by atoms with van der Waals surface area (Å²) in [6.45, 7) is -0.385. The van der Waals surface area contributed by atoms with E-state index in [0.717, 1.165) is 0 Å². The van der Waals surface area contributed by atoms with Crippen molar-refractivity contribution in [2.45, 2.75) is 19.3 Å². The fourth-order valence-electron chi connectivity index (χ4n) is 0.238. The summed E-state index contributed by atoms with van der Waals surface area (Å²) in [6.07, 6.45) is -2.45. The van der Waals surface area contributed by atoms with Crippen molar-refractivity contribution in [1.82, 2.24) is 0 Å². The summed E-state index contributed by atoms with van der Waals surface area (Å²) < 4.78 is 22.2. The molecule has 0 heterocycles. The van der Waals surface area contributed by atoms with Crippen LogP contribution in [0.25, 0.3) is 0 Å². The van der Waals surface area contributed by atoms with Crippen molar-refractivity contribution < 1.29 is 13.9 Å². The Kier molecular flexibility index (Phi) is 3.89. The first-order chi connectivity index (χ1) is 3.27. The highest BCUT2D eigenvalue weighted by Gasteiger charge is 1.98. The lowest BCUT2D eigenvalue weighted by Crippen LogP contribution is -1.90. The Hall–Kier alpha value is -0.180. The zero-order valence-electron chi connectivity index (χ0n) is 3.86. The van der Waals surface area contributed by atoms with Gasteiger partial charge >= 0.3 is 0 Å². The molecule has 0 saturated carbocycles. The predicted molar refractivity (Wildman–Crippen MR) is 20.8 cm³/mol. The lowest BCUT2D eigenvalue weighted by atomic mass is 10.3. The second kappa shape index (κ2) is 3.99. The summed E-state index contributed by atoms with van der Waals surface area (Å²) >= 11 is 0. The zero-order valence-corrected chi connectivity index (χ0v) is 3.86. The van der Waals surface area contributed by atoms with Crippen LogP contribution in [0.4, 0.5) is 8.78 Å². The van der Waals surface area contributed by atoms with Crippen LogP contribution in [0.15, 0.2) is 0 Å². The van der Waals surface area contributed by atoms with E-state index in [1.54, 1.807) is 0 Å². The molecular weight excluding hydrogens is 102 g/mol. The van der Waals surface area contributed by atoms with Crippen molar-refractivity contribution in [2.24, 2.45) is 0 Å². The van der Waals surface area contributed by atoms with Crippen molar-refractivity contribution >= 4 is 0 Å². The largest absolute Gasteiger partial charge is 0.238 e. The third kappa shape index (κ3) is 5.82. The monoisotopic (exact) mass is 109 g/mol. The molecule has 0 aromatic carbocycles. The smallest absolute Gasteiger partial charge is 0.237 e. The van der Waals surface area contributed by atoms with Crippen molar-refractivity contribution in [3.8, 4) is 0 Å². The fourth-order valence-corrected chi connectivity index (χ4v) is 0.238. The predicted octanol–water partition coefficient (Wildman–Crippen LogP) is 1.46. The van der Waals surface area contributed by atoms with Gasteiger partial charge in [0.2, 0.25) is 6.43 Å². The first-order valence-corrected chi connectivity index (χ1v) is 2.13. The summed E-state index contributed by atoms with van der Waals surface area (Å²) in [6, 6.07) is 0. The fraction of sp³-hybridized carbons (Fsp3) is 1.00. The van der Waals surface area contributed by atoms with Crippen molar-refractivity contribution in [2.75, 3.05) is 6.61 Å². The molecule has 0 amide bonds. The number of rotatable bonds is 3. The number of alkyl halides is 2. The SMILES string of the molecule is [O]CCCC(F)F. The number of halogens is 2. The molecule has 0 aromatic heterocycles. The molecule has 7 heavy (non-hydrogen) atoms. The first-order valence-electron chi connectivity index (χ1n) is 2.13.